The normalized spacial score (nSPS) is 30.3. The molecule has 1 aliphatic heterocycles. The second kappa shape index (κ2) is 4.70. The van der Waals surface area contributed by atoms with Crippen LogP contribution in [0.4, 0.5) is 0 Å². The third-order valence-corrected chi connectivity index (χ3v) is 5.84. The van der Waals surface area contributed by atoms with Crippen molar-refractivity contribution in [3.63, 3.8) is 0 Å². The minimum Gasteiger partial charge on any atom is -0.339 e. The SMILES string of the molecule is CC1(C)C(C(=O)N2CCCCC2CCCl)C1(C)C. The number of likely N-dealkylation sites (tertiary alicyclic amines) is 1. The van der Waals surface area contributed by atoms with Gasteiger partial charge in [0.05, 0.1) is 0 Å². The van der Waals surface area contributed by atoms with E-state index in [4.69, 9.17) is 11.6 Å². The van der Waals surface area contributed by atoms with Gasteiger partial charge in [0.25, 0.3) is 0 Å². The molecule has 1 heterocycles. The number of piperidine rings is 1. The lowest BCUT2D eigenvalue weighted by Crippen LogP contribution is -2.45. The van der Waals surface area contributed by atoms with Crippen LogP contribution < -0.4 is 0 Å². The van der Waals surface area contributed by atoms with Crippen molar-refractivity contribution in [1.29, 1.82) is 0 Å². The molecule has 1 atom stereocenters. The number of amides is 1. The average Bonchev–Trinajstić information content (AvgIpc) is 2.70. The zero-order chi connectivity index (χ0) is 13.6. The van der Waals surface area contributed by atoms with Crippen molar-refractivity contribution in [3.8, 4) is 0 Å². The Morgan fingerprint density at radius 3 is 2.33 bits per heavy atom. The largest absolute Gasteiger partial charge is 0.339 e. The van der Waals surface area contributed by atoms with Crippen LogP contribution in [0.25, 0.3) is 0 Å². The summed E-state index contributed by atoms with van der Waals surface area (Å²) in [5.74, 6) is 1.23. The van der Waals surface area contributed by atoms with Gasteiger partial charge in [-0.15, -0.1) is 11.6 Å². The first kappa shape index (κ1) is 14.2. The molecular formula is C15H26ClNO. The van der Waals surface area contributed by atoms with Gasteiger partial charge in [0, 0.05) is 24.4 Å². The molecule has 0 aromatic rings. The number of hydrogen-bond acceptors (Lipinski definition) is 1. The molecule has 104 valence electrons. The number of rotatable bonds is 3. The van der Waals surface area contributed by atoms with Gasteiger partial charge in [0.2, 0.25) is 5.91 Å². The third kappa shape index (κ3) is 2.07. The molecule has 1 amide bonds. The minimum absolute atomic E-state index is 0.146. The van der Waals surface area contributed by atoms with Gasteiger partial charge in [0.1, 0.15) is 0 Å². The standard InChI is InChI=1S/C15H26ClNO/c1-14(2)12(15(14,3)4)13(18)17-10-6-5-7-11(17)8-9-16/h11-12H,5-10H2,1-4H3. The van der Waals surface area contributed by atoms with Crippen LogP contribution in [0.3, 0.4) is 0 Å². The molecule has 1 saturated heterocycles. The average molecular weight is 272 g/mol. The van der Waals surface area contributed by atoms with Crippen LogP contribution in [0.2, 0.25) is 0 Å². The number of alkyl halides is 1. The van der Waals surface area contributed by atoms with Crippen LogP contribution in [-0.4, -0.2) is 29.3 Å². The lowest BCUT2D eigenvalue weighted by Gasteiger charge is -2.36. The van der Waals surface area contributed by atoms with Crippen molar-refractivity contribution in [2.45, 2.75) is 59.4 Å². The van der Waals surface area contributed by atoms with E-state index >= 15 is 0 Å². The Morgan fingerprint density at radius 1 is 1.22 bits per heavy atom. The van der Waals surface area contributed by atoms with E-state index in [1.54, 1.807) is 0 Å². The highest BCUT2D eigenvalue weighted by Crippen LogP contribution is 2.69. The molecule has 0 radical (unpaired) electrons. The first-order chi connectivity index (χ1) is 8.34. The summed E-state index contributed by atoms with van der Waals surface area (Å²) in [6, 6.07) is 0.385. The topological polar surface area (TPSA) is 20.3 Å². The molecule has 3 heteroatoms. The molecule has 1 aliphatic carbocycles. The van der Waals surface area contributed by atoms with Crippen molar-refractivity contribution in [2.75, 3.05) is 12.4 Å². The molecule has 0 bridgehead atoms. The monoisotopic (exact) mass is 271 g/mol. The fraction of sp³-hybridized carbons (Fsp3) is 0.933. The van der Waals surface area contributed by atoms with Crippen LogP contribution in [0.5, 0.6) is 0 Å². The first-order valence-electron chi connectivity index (χ1n) is 7.20. The lowest BCUT2D eigenvalue weighted by molar-refractivity contribution is -0.137. The Balaban J connectivity index is 2.08. The maximum Gasteiger partial charge on any atom is 0.227 e. The molecule has 2 fully saturated rings. The van der Waals surface area contributed by atoms with Gasteiger partial charge >= 0.3 is 0 Å². The summed E-state index contributed by atoms with van der Waals surface area (Å²) >= 11 is 5.87. The number of hydrogen-bond donors (Lipinski definition) is 0. The molecule has 0 aromatic heterocycles. The summed E-state index contributed by atoms with van der Waals surface area (Å²) in [7, 11) is 0. The van der Waals surface area contributed by atoms with E-state index in [2.05, 4.69) is 32.6 Å². The maximum absolute atomic E-state index is 12.8. The Labute approximate surface area is 116 Å². The quantitative estimate of drug-likeness (QED) is 0.717. The summed E-state index contributed by atoms with van der Waals surface area (Å²) < 4.78 is 0. The van der Waals surface area contributed by atoms with E-state index in [1.165, 1.54) is 6.42 Å². The molecule has 2 nitrogen and oxygen atoms in total. The summed E-state index contributed by atoms with van der Waals surface area (Å²) in [6.07, 6.45) is 4.47. The Morgan fingerprint density at radius 2 is 1.83 bits per heavy atom. The van der Waals surface area contributed by atoms with Crippen LogP contribution in [0.15, 0.2) is 0 Å². The fourth-order valence-electron chi connectivity index (χ4n) is 3.70. The van der Waals surface area contributed by atoms with Gasteiger partial charge in [-0.2, -0.15) is 0 Å². The van der Waals surface area contributed by atoms with Crippen LogP contribution >= 0.6 is 11.6 Å². The lowest BCUT2D eigenvalue weighted by atomic mass is 9.98. The van der Waals surface area contributed by atoms with E-state index in [0.717, 1.165) is 25.8 Å². The van der Waals surface area contributed by atoms with Crippen LogP contribution in [-0.2, 0) is 4.79 Å². The minimum atomic E-state index is 0.146. The van der Waals surface area contributed by atoms with Crippen molar-refractivity contribution in [1.82, 2.24) is 4.90 Å². The zero-order valence-corrected chi connectivity index (χ0v) is 12.9. The first-order valence-corrected chi connectivity index (χ1v) is 7.74. The fourth-order valence-corrected chi connectivity index (χ4v) is 3.95. The van der Waals surface area contributed by atoms with Crippen molar-refractivity contribution in [3.05, 3.63) is 0 Å². The summed E-state index contributed by atoms with van der Waals surface area (Å²) in [5.41, 5.74) is 0.292. The third-order valence-electron chi connectivity index (χ3n) is 5.62. The summed E-state index contributed by atoms with van der Waals surface area (Å²) in [5, 5.41) is 0. The molecule has 2 aliphatic rings. The van der Waals surface area contributed by atoms with Crippen molar-refractivity contribution < 1.29 is 4.79 Å². The molecule has 2 rings (SSSR count). The summed E-state index contributed by atoms with van der Waals surface area (Å²) in [6.45, 7) is 9.81. The van der Waals surface area contributed by atoms with Gasteiger partial charge in [-0.05, 0) is 36.5 Å². The molecule has 1 saturated carbocycles. The van der Waals surface area contributed by atoms with E-state index in [-0.39, 0.29) is 16.7 Å². The number of carbonyl (C=O) groups excluding carboxylic acids is 1. The van der Waals surface area contributed by atoms with E-state index in [1.807, 2.05) is 0 Å². The molecule has 0 N–H and O–H groups in total. The van der Waals surface area contributed by atoms with Gasteiger partial charge in [-0.1, -0.05) is 27.7 Å². The molecule has 0 spiro atoms. The van der Waals surface area contributed by atoms with Crippen molar-refractivity contribution in [2.24, 2.45) is 16.7 Å². The molecular weight excluding hydrogens is 246 g/mol. The van der Waals surface area contributed by atoms with Gasteiger partial charge < -0.3 is 4.90 Å². The van der Waals surface area contributed by atoms with Gasteiger partial charge in [0.15, 0.2) is 0 Å². The molecule has 1 unspecified atom stereocenters. The van der Waals surface area contributed by atoms with E-state index in [9.17, 15) is 4.79 Å². The summed E-state index contributed by atoms with van der Waals surface area (Å²) in [4.78, 5) is 14.9. The zero-order valence-electron chi connectivity index (χ0n) is 12.1. The van der Waals surface area contributed by atoms with Gasteiger partial charge in [-0.3, -0.25) is 4.79 Å². The maximum atomic E-state index is 12.8. The van der Waals surface area contributed by atoms with Crippen LogP contribution in [0.1, 0.15) is 53.4 Å². The highest BCUT2D eigenvalue weighted by atomic mass is 35.5. The second-order valence-electron chi connectivity index (χ2n) is 7.04. The predicted octanol–water partition coefficient (Wildman–Crippen LogP) is 3.68. The molecule has 0 aromatic carbocycles. The smallest absolute Gasteiger partial charge is 0.227 e. The van der Waals surface area contributed by atoms with E-state index < -0.39 is 0 Å². The Bertz CT molecular complexity index is 321. The highest BCUT2D eigenvalue weighted by Gasteiger charge is 2.69. The number of carbonyl (C=O) groups is 1. The van der Waals surface area contributed by atoms with Crippen molar-refractivity contribution >= 4 is 17.5 Å². The molecule has 18 heavy (non-hydrogen) atoms. The predicted molar refractivity (Wildman–Crippen MR) is 75.7 cm³/mol. The number of halogens is 1. The Kier molecular flexibility index (Phi) is 3.70. The van der Waals surface area contributed by atoms with Crippen LogP contribution in [0, 0.1) is 16.7 Å². The second-order valence-corrected chi connectivity index (χ2v) is 7.41. The number of nitrogens with zero attached hydrogens (tertiary/aromatic N) is 1. The van der Waals surface area contributed by atoms with Gasteiger partial charge in [-0.25, -0.2) is 0 Å². The Hall–Kier alpha value is -0.240. The van der Waals surface area contributed by atoms with E-state index in [0.29, 0.717) is 17.8 Å². The highest BCUT2D eigenvalue weighted by molar-refractivity contribution is 6.17.